The van der Waals surface area contributed by atoms with E-state index in [0.29, 0.717) is 40.2 Å². The molecule has 1 spiro atoms. The van der Waals surface area contributed by atoms with Gasteiger partial charge >= 0.3 is 0 Å². The Morgan fingerprint density at radius 2 is 1.66 bits per heavy atom. The summed E-state index contributed by atoms with van der Waals surface area (Å²) in [6, 6.07) is 22.1. The van der Waals surface area contributed by atoms with Crippen molar-refractivity contribution >= 4 is 34.8 Å². The van der Waals surface area contributed by atoms with Crippen LogP contribution in [0.5, 0.6) is 0 Å². The molecule has 1 amide bonds. The van der Waals surface area contributed by atoms with Gasteiger partial charge in [0.15, 0.2) is 11.0 Å². The molecule has 4 aromatic rings. The van der Waals surface area contributed by atoms with E-state index in [-0.39, 0.29) is 31.7 Å². The van der Waals surface area contributed by atoms with Crippen molar-refractivity contribution < 1.29 is 37.7 Å². The van der Waals surface area contributed by atoms with E-state index in [4.69, 9.17) is 32.7 Å². The molecular weight excluding hydrogens is 804 g/mol. The fourth-order valence-electron chi connectivity index (χ4n) is 10.1. The average molecular weight is 856 g/mol. The Morgan fingerprint density at radius 3 is 2.25 bits per heavy atom. The van der Waals surface area contributed by atoms with Crippen molar-refractivity contribution in [2.45, 2.75) is 92.8 Å². The Labute approximate surface area is 353 Å². The lowest BCUT2D eigenvalue weighted by atomic mass is 9.51. The number of alkyl halides is 2. The number of rotatable bonds is 14. The van der Waals surface area contributed by atoms with Gasteiger partial charge in [0.1, 0.15) is 6.73 Å². The third-order valence-corrected chi connectivity index (χ3v) is 13.1. The van der Waals surface area contributed by atoms with E-state index in [0.717, 1.165) is 0 Å². The number of likely N-dealkylation sites (tertiary alicyclic amines) is 1. The maximum Gasteiger partial charge on any atom is 0.238 e. The third-order valence-electron chi connectivity index (χ3n) is 12.6. The number of aliphatic hydroxyl groups excluding tert-OH is 1. The summed E-state index contributed by atoms with van der Waals surface area (Å²) in [6.45, 7) is 1.56. The summed E-state index contributed by atoms with van der Waals surface area (Å²) in [6.07, 6.45) is 0.436. The van der Waals surface area contributed by atoms with Crippen molar-refractivity contribution in [2.24, 2.45) is 5.41 Å². The molecule has 1 saturated carbocycles. The van der Waals surface area contributed by atoms with Crippen molar-refractivity contribution in [3.63, 3.8) is 0 Å². The summed E-state index contributed by atoms with van der Waals surface area (Å²) in [5.41, 5.74) is -1.43. The number of pyridine rings is 1. The van der Waals surface area contributed by atoms with Gasteiger partial charge in [0, 0.05) is 46.8 Å². The zero-order chi connectivity index (χ0) is 42.1. The van der Waals surface area contributed by atoms with E-state index in [1.54, 1.807) is 56.3 Å². The van der Waals surface area contributed by atoms with Gasteiger partial charge in [-0.05, 0) is 80.0 Å². The number of hydrogen-bond acceptors (Lipinski definition) is 8. The number of aliphatic hydroxyl groups is 2. The smallest absolute Gasteiger partial charge is 0.238 e. The van der Waals surface area contributed by atoms with Crippen LogP contribution in [0.25, 0.3) is 0 Å². The maximum absolute atomic E-state index is 16.9. The molecule has 316 valence electrons. The minimum atomic E-state index is -1.42. The molecule has 14 heteroatoms. The topological polar surface area (TPSA) is 116 Å². The number of carbonyl (C=O) groups is 1. The first-order chi connectivity index (χ1) is 28.3. The first-order valence-corrected chi connectivity index (χ1v) is 20.7. The van der Waals surface area contributed by atoms with Crippen LogP contribution < -0.4 is 10.6 Å². The summed E-state index contributed by atoms with van der Waals surface area (Å²) in [4.78, 5) is 21.5. The Hall–Kier alpha value is -3.75. The molecular formula is C45H51Cl2F3N4O5. The summed E-state index contributed by atoms with van der Waals surface area (Å²) in [5, 5.41) is 29.9. The molecule has 3 aromatic carbocycles. The van der Waals surface area contributed by atoms with Crippen LogP contribution in [-0.4, -0.2) is 89.1 Å². The van der Waals surface area contributed by atoms with Gasteiger partial charge in [-0.2, -0.15) is 0 Å². The minimum Gasteiger partial charge on any atom is -0.388 e. The van der Waals surface area contributed by atoms with E-state index in [2.05, 4.69) is 15.6 Å². The van der Waals surface area contributed by atoms with E-state index in [1.807, 2.05) is 41.3 Å². The second-order valence-corrected chi connectivity index (χ2v) is 17.7. The Balaban J connectivity index is 1.51. The quantitative estimate of drug-likeness (QED) is 0.0738. The number of benzene rings is 3. The lowest BCUT2D eigenvalue weighted by Crippen LogP contribution is -2.66. The van der Waals surface area contributed by atoms with Crippen LogP contribution in [0.15, 0.2) is 91.1 Å². The van der Waals surface area contributed by atoms with Gasteiger partial charge < -0.3 is 30.3 Å². The standard InChI is InChI=1S/C45H51Cl2F3N4O5/c1-43(2,57)34-17-15-30(21-59-34)53-42(56)39-35(32-18-19-51-41(47)37(32)50)36(31-16-14-29(46)20-33(31)52-26-58-3)45(22-44(23-45,24-48)25-49)54(39)38(27-10-6-4-7-11-27)40(55)28-12-8-5-9-13-28/h4-14,16,18-20,30,34-36,38-40,52,55,57H,15,17,21-26H2,1-3H3,(H,53,56)/t30-,34+,35-,36?,38-,39-,40+/m1/s1. The van der Waals surface area contributed by atoms with Crippen LogP contribution in [0.1, 0.15) is 85.8 Å². The molecule has 2 aliphatic heterocycles. The molecule has 1 aliphatic carbocycles. The fourth-order valence-corrected chi connectivity index (χ4v) is 10.4. The zero-order valence-electron chi connectivity index (χ0n) is 33.3. The molecule has 3 fully saturated rings. The van der Waals surface area contributed by atoms with Gasteiger partial charge in [0.25, 0.3) is 0 Å². The van der Waals surface area contributed by atoms with Crippen LogP contribution in [0, 0.1) is 11.2 Å². The van der Waals surface area contributed by atoms with Gasteiger partial charge in [-0.15, -0.1) is 0 Å². The van der Waals surface area contributed by atoms with Crippen LogP contribution >= 0.6 is 23.2 Å². The summed E-state index contributed by atoms with van der Waals surface area (Å²) in [7, 11) is 1.52. The summed E-state index contributed by atoms with van der Waals surface area (Å²) < 4.78 is 59.0. The van der Waals surface area contributed by atoms with Gasteiger partial charge in [-0.3, -0.25) is 18.5 Å². The molecule has 4 N–H and O–H groups in total. The Morgan fingerprint density at radius 1 is 1.00 bits per heavy atom. The van der Waals surface area contributed by atoms with E-state index in [1.165, 1.54) is 19.4 Å². The van der Waals surface area contributed by atoms with Crippen molar-refractivity contribution in [1.29, 1.82) is 0 Å². The fraction of sp³-hybridized carbons (Fsp3) is 0.467. The zero-order valence-corrected chi connectivity index (χ0v) is 34.8. The monoisotopic (exact) mass is 854 g/mol. The van der Waals surface area contributed by atoms with Crippen LogP contribution in [-0.2, 0) is 14.3 Å². The van der Waals surface area contributed by atoms with Crippen molar-refractivity contribution in [1.82, 2.24) is 15.2 Å². The number of amides is 1. The number of nitrogens with one attached hydrogen (secondary N) is 2. The van der Waals surface area contributed by atoms with Crippen LogP contribution in [0.4, 0.5) is 18.9 Å². The highest BCUT2D eigenvalue weighted by Gasteiger charge is 2.72. The summed E-state index contributed by atoms with van der Waals surface area (Å²) in [5.74, 6) is -3.26. The predicted molar refractivity (Wildman–Crippen MR) is 221 cm³/mol. The normalized spacial score (nSPS) is 24.9. The third kappa shape index (κ3) is 8.34. The molecule has 3 heterocycles. The van der Waals surface area contributed by atoms with Crippen molar-refractivity contribution in [3.05, 3.63) is 129 Å². The average Bonchev–Trinajstić information content (AvgIpc) is 3.51. The molecule has 3 aliphatic rings. The van der Waals surface area contributed by atoms with Gasteiger partial charge in [0.05, 0.1) is 55.9 Å². The van der Waals surface area contributed by atoms with E-state index in [9.17, 15) is 10.2 Å². The Bertz CT molecular complexity index is 2060. The minimum absolute atomic E-state index is 0.0619. The highest BCUT2D eigenvalue weighted by molar-refractivity contribution is 6.31. The predicted octanol–water partition coefficient (Wildman–Crippen LogP) is 8.46. The molecule has 0 radical (unpaired) electrons. The SMILES string of the molecule is COCNc1cc(Cl)ccc1C1[C@@H](c2ccnc(Cl)c2F)[C@H](C(=O)N[C@@H]2CC[C@@H](C(C)(C)O)OC2)N([C@H](c2ccccc2)[C@@H](O)c2ccccc2)C12CC(CF)(CF)C2. The molecule has 1 unspecified atom stereocenters. The van der Waals surface area contributed by atoms with Crippen LogP contribution in [0.3, 0.4) is 0 Å². The second kappa shape index (κ2) is 17.7. The number of hydrogen-bond donors (Lipinski definition) is 4. The van der Waals surface area contributed by atoms with Gasteiger partial charge in [0.2, 0.25) is 5.91 Å². The molecule has 1 aromatic heterocycles. The highest BCUT2D eigenvalue weighted by Crippen LogP contribution is 2.70. The number of ether oxygens (including phenoxy) is 2. The van der Waals surface area contributed by atoms with Gasteiger partial charge in [-0.25, -0.2) is 9.37 Å². The summed E-state index contributed by atoms with van der Waals surface area (Å²) >= 11 is 13.1. The number of anilines is 1. The second-order valence-electron chi connectivity index (χ2n) is 16.9. The molecule has 2 saturated heterocycles. The number of nitrogens with zero attached hydrogens (tertiary/aromatic N) is 2. The largest absolute Gasteiger partial charge is 0.388 e. The highest BCUT2D eigenvalue weighted by atomic mass is 35.5. The van der Waals surface area contributed by atoms with Gasteiger partial charge in [-0.1, -0.05) is 89.9 Å². The van der Waals surface area contributed by atoms with E-state index < -0.39 is 89.0 Å². The molecule has 59 heavy (non-hydrogen) atoms. The van der Waals surface area contributed by atoms with Crippen molar-refractivity contribution in [3.8, 4) is 0 Å². The maximum atomic E-state index is 16.9. The molecule has 7 atom stereocenters. The first kappa shape index (κ1) is 43.3. The molecule has 9 nitrogen and oxygen atoms in total. The molecule has 0 bridgehead atoms. The van der Waals surface area contributed by atoms with E-state index >= 15 is 18.0 Å². The number of aromatic nitrogens is 1. The molecule has 7 rings (SSSR count). The van der Waals surface area contributed by atoms with Crippen LogP contribution in [0.2, 0.25) is 10.2 Å². The number of halogens is 5. The lowest BCUT2D eigenvalue weighted by molar-refractivity contribution is -0.153. The number of carbonyl (C=O) groups excluding carboxylic acids is 1. The lowest BCUT2D eigenvalue weighted by Gasteiger charge is -2.61. The Kier molecular flexibility index (Phi) is 13.0. The first-order valence-electron chi connectivity index (χ1n) is 19.9. The van der Waals surface area contributed by atoms with Crippen molar-refractivity contribution in [2.75, 3.05) is 39.1 Å². The number of methoxy groups -OCH3 is 1.